The molecule has 0 bridgehead atoms. The number of carbonyl (C=O) groups is 1. The number of carbonyl (C=O) groups excluding carboxylic acids is 1. The number of piperidine rings is 1. The number of rotatable bonds is 3. The Labute approximate surface area is 124 Å². The molecule has 21 heavy (non-hydrogen) atoms. The van der Waals surface area contributed by atoms with Crippen molar-refractivity contribution in [2.75, 3.05) is 19.7 Å². The van der Waals surface area contributed by atoms with Gasteiger partial charge in [-0.3, -0.25) is 4.79 Å². The number of aliphatic hydroxyl groups is 1. The molecule has 2 aromatic rings. The molecule has 2 heterocycles. The summed E-state index contributed by atoms with van der Waals surface area (Å²) in [7, 11) is 0. The van der Waals surface area contributed by atoms with Crippen molar-refractivity contribution >= 4 is 5.91 Å². The van der Waals surface area contributed by atoms with Crippen LogP contribution in [0.15, 0.2) is 47.1 Å². The first kappa shape index (κ1) is 13.9. The lowest BCUT2D eigenvalue weighted by molar-refractivity contribution is 0.0621. The van der Waals surface area contributed by atoms with E-state index in [1.807, 2.05) is 41.3 Å². The van der Waals surface area contributed by atoms with E-state index in [2.05, 4.69) is 0 Å². The van der Waals surface area contributed by atoms with Crippen LogP contribution in [0, 0.1) is 5.92 Å². The van der Waals surface area contributed by atoms with Crippen molar-refractivity contribution in [3.05, 3.63) is 48.4 Å². The highest BCUT2D eigenvalue weighted by atomic mass is 16.3. The molecule has 1 saturated heterocycles. The van der Waals surface area contributed by atoms with Crippen LogP contribution in [0.25, 0.3) is 11.1 Å². The van der Waals surface area contributed by atoms with E-state index >= 15 is 0 Å². The maximum Gasteiger partial charge on any atom is 0.290 e. The largest absolute Gasteiger partial charge is 0.459 e. The molecule has 1 aliphatic rings. The molecule has 110 valence electrons. The summed E-state index contributed by atoms with van der Waals surface area (Å²) in [6, 6.07) is 11.6. The standard InChI is InChI=1S/C17H19NO3/c19-12-13-6-9-18(10-7-13)17(20)16-15(8-11-21-16)14-4-2-1-3-5-14/h1-5,8,11,13,19H,6-7,9-10,12H2. The topological polar surface area (TPSA) is 53.7 Å². The normalized spacial score (nSPS) is 16.1. The van der Waals surface area contributed by atoms with E-state index in [1.54, 1.807) is 6.26 Å². The number of hydrogen-bond donors (Lipinski definition) is 1. The summed E-state index contributed by atoms with van der Waals surface area (Å²) >= 11 is 0. The fraction of sp³-hybridized carbons (Fsp3) is 0.353. The van der Waals surface area contributed by atoms with Crippen molar-refractivity contribution in [1.82, 2.24) is 4.90 Å². The third-order valence-electron chi connectivity index (χ3n) is 4.10. The van der Waals surface area contributed by atoms with Crippen LogP contribution in [-0.4, -0.2) is 35.6 Å². The Morgan fingerprint density at radius 2 is 1.90 bits per heavy atom. The van der Waals surface area contributed by atoms with E-state index in [1.165, 1.54) is 0 Å². The molecule has 4 nitrogen and oxygen atoms in total. The van der Waals surface area contributed by atoms with Gasteiger partial charge in [0.15, 0.2) is 5.76 Å². The Hall–Kier alpha value is -2.07. The zero-order chi connectivity index (χ0) is 14.7. The summed E-state index contributed by atoms with van der Waals surface area (Å²) in [5.41, 5.74) is 1.82. The van der Waals surface area contributed by atoms with Gasteiger partial charge in [-0.25, -0.2) is 0 Å². The molecule has 0 atom stereocenters. The zero-order valence-electron chi connectivity index (χ0n) is 11.9. The van der Waals surface area contributed by atoms with Crippen molar-refractivity contribution in [1.29, 1.82) is 0 Å². The van der Waals surface area contributed by atoms with E-state index in [4.69, 9.17) is 4.42 Å². The highest BCUT2D eigenvalue weighted by Gasteiger charge is 2.26. The van der Waals surface area contributed by atoms with Gasteiger partial charge in [0.25, 0.3) is 5.91 Å². The molecule has 1 aromatic carbocycles. The van der Waals surface area contributed by atoms with Gasteiger partial charge in [-0.2, -0.15) is 0 Å². The summed E-state index contributed by atoms with van der Waals surface area (Å²) in [5, 5.41) is 9.17. The molecule has 1 N–H and O–H groups in total. The van der Waals surface area contributed by atoms with Crippen molar-refractivity contribution in [3.8, 4) is 11.1 Å². The minimum absolute atomic E-state index is 0.0600. The second-order valence-electron chi connectivity index (χ2n) is 5.45. The fourth-order valence-corrected chi connectivity index (χ4v) is 2.78. The van der Waals surface area contributed by atoms with Crippen LogP contribution in [0.1, 0.15) is 23.4 Å². The number of furan rings is 1. The third kappa shape index (κ3) is 2.85. The highest BCUT2D eigenvalue weighted by Crippen LogP contribution is 2.27. The second kappa shape index (κ2) is 6.14. The summed E-state index contributed by atoms with van der Waals surface area (Å²) < 4.78 is 5.45. The molecule has 0 radical (unpaired) electrons. The molecule has 4 heteroatoms. The van der Waals surface area contributed by atoms with E-state index in [0.717, 1.165) is 24.0 Å². The van der Waals surface area contributed by atoms with Crippen LogP contribution >= 0.6 is 0 Å². The highest BCUT2D eigenvalue weighted by molar-refractivity contribution is 5.98. The number of nitrogens with zero attached hydrogens (tertiary/aromatic N) is 1. The van der Waals surface area contributed by atoms with Crippen molar-refractivity contribution in [2.24, 2.45) is 5.92 Å². The Balaban J connectivity index is 1.79. The first-order valence-corrected chi connectivity index (χ1v) is 7.32. The van der Waals surface area contributed by atoms with Crippen LogP contribution in [0.4, 0.5) is 0 Å². The molecule has 0 aliphatic carbocycles. The maximum absolute atomic E-state index is 12.6. The molecule has 1 aromatic heterocycles. The van der Waals surface area contributed by atoms with E-state index in [9.17, 15) is 9.90 Å². The molecule has 0 unspecified atom stereocenters. The lowest BCUT2D eigenvalue weighted by atomic mass is 9.97. The molecule has 1 amide bonds. The van der Waals surface area contributed by atoms with E-state index < -0.39 is 0 Å². The zero-order valence-corrected chi connectivity index (χ0v) is 11.9. The Kier molecular flexibility index (Phi) is 4.06. The molecule has 3 rings (SSSR count). The molecular formula is C17H19NO3. The number of amides is 1. The van der Waals surface area contributed by atoms with Gasteiger partial charge < -0.3 is 14.4 Å². The molecule has 0 saturated carbocycles. The summed E-state index contributed by atoms with van der Waals surface area (Å²) in [4.78, 5) is 14.4. The lowest BCUT2D eigenvalue weighted by Crippen LogP contribution is -2.39. The average Bonchev–Trinajstić information content (AvgIpc) is 3.04. The van der Waals surface area contributed by atoms with Gasteiger partial charge in [0, 0.05) is 25.3 Å². The van der Waals surface area contributed by atoms with Crippen LogP contribution in [-0.2, 0) is 0 Å². The van der Waals surface area contributed by atoms with Crippen molar-refractivity contribution in [2.45, 2.75) is 12.8 Å². The van der Waals surface area contributed by atoms with Crippen LogP contribution in [0.5, 0.6) is 0 Å². The van der Waals surface area contributed by atoms with Crippen LogP contribution < -0.4 is 0 Å². The van der Waals surface area contributed by atoms with Gasteiger partial charge in [-0.1, -0.05) is 30.3 Å². The Morgan fingerprint density at radius 1 is 1.19 bits per heavy atom. The number of hydrogen-bond acceptors (Lipinski definition) is 3. The monoisotopic (exact) mass is 285 g/mol. The smallest absolute Gasteiger partial charge is 0.290 e. The van der Waals surface area contributed by atoms with Crippen molar-refractivity contribution < 1.29 is 14.3 Å². The maximum atomic E-state index is 12.6. The van der Waals surface area contributed by atoms with Gasteiger partial charge in [0.2, 0.25) is 0 Å². The van der Waals surface area contributed by atoms with Crippen molar-refractivity contribution in [3.63, 3.8) is 0 Å². The van der Waals surface area contributed by atoms with E-state index in [-0.39, 0.29) is 12.5 Å². The SMILES string of the molecule is O=C(c1occc1-c1ccccc1)N1CCC(CO)CC1. The minimum atomic E-state index is -0.0600. The van der Waals surface area contributed by atoms with Gasteiger partial charge >= 0.3 is 0 Å². The summed E-state index contributed by atoms with van der Waals surface area (Å²) in [5.74, 6) is 0.665. The first-order chi connectivity index (χ1) is 10.3. The van der Waals surface area contributed by atoms with Gasteiger partial charge in [0.05, 0.1) is 6.26 Å². The Morgan fingerprint density at radius 3 is 2.57 bits per heavy atom. The fourth-order valence-electron chi connectivity index (χ4n) is 2.78. The second-order valence-corrected chi connectivity index (χ2v) is 5.45. The lowest BCUT2D eigenvalue weighted by Gasteiger charge is -2.30. The molecule has 1 fully saturated rings. The van der Waals surface area contributed by atoms with Gasteiger partial charge in [-0.05, 0) is 30.4 Å². The van der Waals surface area contributed by atoms with Crippen LogP contribution in [0.3, 0.4) is 0 Å². The first-order valence-electron chi connectivity index (χ1n) is 7.32. The number of aliphatic hydroxyl groups excluding tert-OH is 1. The minimum Gasteiger partial charge on any atom is -0.459 e. The summed E-state index contributed by atoms with van der Waals surface area (Å²) in [6.07, 6.45) is 3.27. The molecular weight excluding hydrogens is 266 g/mol. The number of likely N-dealkylation sites (tertiary alicyclic amines) is 1. The van der Waals surface area contributed by atoms with Crippen LogP contribution in [0.2, 0.25) is 0 Å². The third-order valence-corrected chi connectivity index (χ3v) is 4.10. The Bertz CT molecular complexity index is 598. The number of benzene rings is 1. The predicted octanol–water partition coefficient (Wildman–Crippen LogP) is 2.79. The molecule has 0 spiro atoms. The average molecular weight is 285 g/mol. The van der Waals surface area contributed by atoms with E-state index in [0.29, 0.717) is 24.8 Å². The van der Waals surface area contributed by atoms with Gasteiger partial charge in [-0.15, -0.1) is 0 Å². The predicted molar refractivity (Wildman–Crippen MR) is 79.9 cm³/mol. The molecule has 1 aliphatic heterocycles. The van der Waals surface area contributed by atoms with Gasteiger partial charge in [0.1, 0.15) is 0 Å². The quantitative estimate of drug-likeness (QED) is 0.943. The summed E-state index contributed by atoms with van der Waals surface area (Å²) in [6.45, 7) is 1.57.